The van der Waals surface area contributed by atoms with Gasteiger partial charge in [0.05, 0.1) is 7.11 Å². The number of benzene rings is 2. The number of hydrogen-bond donors (Lipinski definition) is 0. The minimum absolute atomic E-state index is 0.0103. The van der Waals surface area contributed by atoms with Gasteiger partial charge in [0.1, 0.15) is 12.2 Å². The highest BCUT2D eigenvalue weighted by molar-refractivity contribution is 5.70. The first kappa shape index (κ1) is 27.9. The average Bonchev–Trinajstić information content (AvgIpc) is 3.58. The smallest absolute Gasteiger partial charge is 0.409 e. The number of carbonyl (C=O) groups excluding carboxylic acids is 1. The predicted molar refractivity (Wildman–Crippen MR) is 165 cm³/mol. The maximum atomic E-state index is 14.4. The molecule has 10 rings (SSSR count). The number of carbonyl (C=O) groups is 1. The molecule has 0 saturated carbocycles. The van der Waals surface area contributed by atoms with Crippen LogP contribution in [0.25, 0.3) is 0 Å². The Balaban J connectivity index is 0.000000126. The van der Waals surface area contributed by atoms with E-state index in [1.54, 1.807) is 6.07 Å². The van der Waals surface area contributed by atoms with Crippen LogP contribution in [-0.2, 0) is 28.4 Å². The lowest BCUT2D eigenvalue weighted by Crippen LogP contribution is -2.65. The van der Waals surface area contributed by atoms with Crippen molar-refractivity contribution in [2.45, 2.75) is 74.7 Å². The molecule has 4 bridgehead atoms. The van der Waals surface area contributed by atoms with Crippen molar-refractivity contribution in [3.05, 3.63) is 82.5 Å². The fourth-order valence-corrected chi connectivity index (χ4v) is 11.1. The molecule has 2 aromatic carbocycles. The van der Waals surface area contributed by atoms with Gasteiger partial charge in [-0.05, 0) is 62.5 Å². The number of piperidine rings is 2. The van der Waals surface area contributed by atoms with E-state index in [4.69, 9.17) is 14.2 Å². The van der Waals surface area contributed by atoms with E-state index in [1.165, 1.54) is 24.3 Å². The van der Waals surface area contributed by atoms with Gasteiger partial charge in [-0.15, -0.1) is 0 Å². The fourth-order valence-electron chi connectivity index (χ4n) is 11.1. The number of rotatable bonds is 0. The van der Waals surface area contributed by atoms with Crippen molar-refractivity contribution >= 4 is 6.09 Å². The van der Waals surface area contributed by atoms with Gasteiger partial charge in [0.15, 0.2) is 23.1 Å². The Hall–Kier alpha value is -3.39. The van der Waals surface area contributed by atoms with Crippen LogP contribution in [0.15, 0.2) is 48.6 Å². The third-order valence-corrected chi connectivity index (χ3v) is 12.9. The van der Waals surface area contributed by atoms with Crippen LogP contribution in [-0.4, -0.2) is 67.4 Å². The molecule has 8 heteroatoms. The van der Waals surface area contributed by atoms with E-state index in [0.29, 0.717) is 35.9 Å². The molecule has 2 saturated heterocycles. The summed E-state index contributed by atoms with van der Waals surface area (Å²) in [6.07, 6.45) is 12.4. The Labute approximate surface area is 263 Å². The average molecular weight is 615 g/mol. The second kappa shape index (κ2) is 9.34. The molecule has 8 aliphatic rings. The largest absolute Gasteiger partial charge is 0.485 e. The van der Waals surface area contributed by atoms with Crippen LogP contribution in [0.4, 0.5) is 13.6 Å². The number of likely N-dealkylation sites (tertiary alicyclic amines) is 2. The molecule has 236 valence electrons. The van der Waals surface area contributed by atoms with Crippen LogP contribution in [0, 0.1) is 35.3 Å². The van der Waals surface area contributed by atoms with Crippen LogP contribution in [0.1, 0.15) is 48.9 Å². The van der Waals surface area contributed by atoms with Gasteiger partial charge in [-0.3, -0.25) is 0 Å². The lowest BCUT2D eigenvalue weighted by molar-refractivity contribution is -0.0201. The molecule has 1 amide bonds. The molecule has 4 heterocycles. The van der Waals surface area contributed by atoms with E-state index in [1.807, 2.05) is 17.0 Å². The molecule has 6 nitrogen and oxygen atoms in total. The third-order valence-electron chi connectivity index (χ3n) is 12.9. The number of amides is 1. The summed E-state index contributed by atoms with van der Waals surface area (Å²) in [5.74, 6) is 1.75. The maximum Gasteiger partial charge on any atom is 0.409 e. The highest BCUT2D eigenvalue weighted by atomic mass is 19.1. The predicted octanol–water partition coefficient (Wildman–Crippen LogP) is 5.95. The van der Waals surface area contributed by atoms with Gasteiger partial charge in [-0.25, -0.2) is 13.6 Å². The highest BCUT2D eigenvalue weighted by Gasteiger charge is 2.65. The van der Waals surface area contributed by atoms with Gasteiger partial charge in [-0.2, -0.15) is 0 Å². The minimum Gasteiger partial charge on any atom is -0.485 e. The quantitative estimate of drug-likeness (QED) is 0.344. The number of nitrogens with zero attached hydrogens (tertiary/aromatic N) is 2. The summed E-state index contributed by atoms with van der Waals surface area (Å²) >= 11 is 0. The van der Waals surface area contributed by atoms with Crippen LogP contribution >= 0.6 is 0 Å². The molecule has 2 unspecified atom stereocenters. The maximum absolute atomic E-state index is 14.4. The zero-order valence-corrected chi connectivity index (χ0v) is 26.3. The Morgan fingerprint density at radius 1 is 0.800 bits per heavy atom. The number of likely N-dealkylation sites (N-methyl/N-ethyl adjacent to an activating group) is 1. The molecule has 2 aromatic rings. The minimum atomic E-state index is -0.275. The summed E-state index contributed by atoms with van der Waals surface area (Å²) < 4.78 is 46.2. The Morgan fingerprint density at radius 2 is 1.31 bits per heavy atom. The van der Waals surface area contributed by atoms with Crippen molar-refractivity contribution in [1.82, 2.24) is 9.80 Å². The monoisotopic (exact) mass is 614 g/mol. The number of methoxy groups -OCH3 is 1. The number of halogens is 2. The van der Waals surface area contributed by atoms with E-state index in [-0.39, 0.29) is 58.6 Å². The lowest BCUT2D eigenvalue weighted by atomic mass is 9.52. The summed E-state index contributed by atoms with van der Waals surface area (Å²) in [7, 11) is 3.65. The van der Waals surface area contributed by atoms with Gasteiger partial charge in [0.25, 0.3) is 0 Å². The Kier molecular flexibility index (Phi) is 5.78. The first-order chi connectivity index (χ1) is 21.7. The van der Waals surface area contributed by atoms with Crippen molar-refractivity contribution in [1.29, 1.82) is 0 Å². The molecule has 2 fully saturated rings. The zero-order valence-electron chi connectivity index (χ0n) is 26.3. The van der Waals surface area contributed by atoms with Crippen LogP contribution < -0.4 is 9.47 Å². The molecular formula is C37H40F2N2O4. The first-order valence-electron chi connectivity index (χ1n) is 16.6. The van der Waals surface area contributed by atoms with E-state index >= 15 is 0 Å². The van der Waals surface area contributed by atoms with Crippen molar-refractivity contribution in [2.24, 2.45) is 23.7 Å². The zero-order chi connectivity index (χ0) is 31.0. The lowest BCUT2D eigenvalue weighted by Gasteiger charge is -2.56. The van der Waals surface area contributed by atoms with Crippen LogP contribution in [0.2, 0.25) is 0 Å². The normalized spacial score (nSPS) is 40.0. The second-order valence-corrected chi connectivity index (χ2v) is 14.7. The molecule has 0 radical (unpaired) electrons. The van der Waals surface area contributed by atoms with Crippen molar-refractivity contribution in [2.75, 3.05) is 27.2 Å². The molecule has 2 spiro atoms. The molecular weight excluding hydrogens is 574 g/mol. The van der Waals surface area contributed by atoms with Gasteiger partial charge < -0.3 is 24.0 Å². The molecule has 4 aliphatic heterocycles. The van der Waals surface area contributed by atoms with E-state index < -0.39 is 0 Å². The molecule has 0 aromatic heterocycles. The summed E-state index contributed by atoms with van der Waals surface area (Å²) in [6.45, 7) is 6.05. The van der Waals surface area contributed by atoms with Gasteiger partial charge >= 0.3 is 6.09 Å². The topological polar surface area (TPSA) is 51.2 Å². The Morgan fingerprint density at radius 3 is 1.87 bits per heavy atom. The van der Waals surface area contributed by atoms with Crippen molar-refractivity contribution in [3.8, 4) is 11.5 Å². The third kappa shape index (κ3) is 3.34. The summed E-state index contributed by atoms with van der Waals surface area (Å²) in [5, 5.41) is 0. The highest BCUT2D eigenvalue weighted by Crippen LogP contribution is 2.63. The van der Waals surface area contributed by atoms with Gasteiger partial charge in [-0.1, -0.05) is 50.3 Å². The molecule has 4 aliphatic carbocycles. The first-order valence-corrected chi connectivity index (χ1v) is 16.6. The summed E-state index contributed by atoms with van der Waals surface area (Å²) in [4.78, 5) is 16.6. The number of ether oxygens (including phenoxy) is 3. The summed E-state index contributed by atoms with van der Waals surface area (Å²) in [5.41, 5.74) is 4.49. The second-order valence-electron chi connectivity index (χ2n) is 14.7. The van der Waals surface area contributed by atoms with E-state index in [9.17, 15) is 13.6 Å². The SMILES string of the molecule is COC(=O)N1CC[C@]23c4c5ccc(F)c4O[C@H]2[C@@H](C)C=C[C@H]3C1C5.C[C@H]1C=C[C@H]2C3Cc4ccc(F)c5c4[C@@]2(CCN3C)[C@H]1O5. The fraction of sp³-hybridized carbons (Fsp3) is 0.541. The Bertz CT molecular complexity index is 1690. The standard InChI is InChI=1S/C19H20FNO3.C18H20FNO/c1-10-3-5-12-14-9-11-4-6-13(20)16-15(11)19(12,17(10)24-16)7-8-21(14)18(22)23-2;1-10-3-5-12-14-9-11-4-6-13(19)16-15(11)18(12,17(10)21-16)7-8-20(14)2/h3-6,10,12,14,17H,7-9H2,1-2H3;3-6,10,12,14,17H,7-9H2,1-2H3/t10-,12-,14?,17-,19-;10-,12-,14?,17-,18-/m00/s1. The molecule has 45 heavy (non-hydrogen) atoms. The molecule has 10 atom stereocenters. The van der Waals surface area contributed by atoms with E-state index in [0.717, 1.165) is 43.4 Å². The van der Waals surface area contributed by atoms with Crippen molar-refractivity contribution < 1.29 is 27.8 Å². The van der Waals surface area contributed by atoms with Crippen LogP contribution in [0.3, 0.4) is 0 Å². The van der Waals surface area contributed by atoms with Crippen LogP contribution in [0.5, 0.6) is 11.5 Å². The van der Waals surface area contributed by atoms with Gasteiger partial charge in [0, 0.05) is 64.3 Å². The molecule has 0 N–H and O–H groups in total. The van der Waals surface area contributed by atoms with Crippen molar-refractivity contribution in [3.63, 3.8) is 0 Å². The summed E-state index contributed by atoms with van der Waals surface area (Å²) in [6, 6.07) is 7.53. The van der Waals surface area contributed by atoms with E-state index in [2.05, 4.69) is 50.1 Å². The van der Waals surface area contributed by atoms with Gasteiger partial charge in [0.2, 0.25) is 0 Å². The number of hydrogen-bond acceptors (Lipinski definition) is 5.